The Balaban J connectivity index is 1.83. The Morgan fingerprint density at radius 1 is 1.04 bits per heavy atom. The van der Waals surface area contributed by atoms with Gasteiger partial charge in [-0.25, -0.2) is 9.18 Å². The third-order valence-electron chi connectivity index (χ3n) is 3.74. The first-order valence-corrected chi connectivity index (χ1v) is 8.33. The van der Waals surface area contributed by atoms with Crippen LogP contribution in [0.25, 0.3) is 0 Å². The van der Waals surface area contributed by atoms with Gasteiger partial charge in [0.1, 0.15) is 5.82 Å². The average molecular weight is 389 g/mol. The number of anilines is 1. The van der Waals surface area contributed by atoms with Gasteiger partial charge in [0.05, 0.1) is 7.11 Å². The lowest BCUT2D eigenvalue weighted by Crippen LogP contribution is -2.23. The molecule has 148 valence electrons. The van der Waals surface area contributed by atoms with Crippen LogP contribution in [-0.4, -0.2) is 38.0 Å². The molecular weight excluding hydrogens is 369 g/mol. The van der Waals surface area contributed by atoms with Crippen LogP contribution in [0.1, 0.15) is 22.8 Å². The summed E-state index contributed by atoms with van der Waals surface area (Å²) < 4.78 is 28.7. The molecule has 0 saturated heterocycles. The van der Waals surface area contributed by atoms with Gasteiger partial charge in [0.25, 0.3) is 5.91 Å². The predicted octanol–water partition coefficient (Wildman–Crippen LogP) is 2.91. The van der Waals surface area contributed by atoms with Crippen LogP contribution in [0.3, 0.4) is 0 Å². The van der Waals surface area contributed by atoms with E-state index in [4.69, 9.17) is 14.2 Å². The summed E-state index contributed by atoms with van der Waals surface area (Å²) in [6.07, 6.45) is 0. The summed E-state index contributed by atoms with van der Waals surface area (Å²) in [6.45, 7) is 2.02. The van der Waals surface area contributed by atoms with E-state index in [9.17, 15) is 18.8 Å². The van der Waals surface area contributed by atoms with Crippen LogP contribution >= 0.6 is 0 Å². The van der Waals surface area contributed by atoms with Crippen molar-refractivity contribution in [2.75, 3.05) is 25.6 Å². The Hall–Kier alpha value is -3.42. The first-order chi connectivity index (χ1) is 13.3. The quantitative estimate of drug-likeness (QED) is 0.551. The number of benzene rings is 2. The molecule has 1 amide bonds. The highest BCUT2D eigenvalue weighted by molar-refractivity contribution is 5.95. The number of rotatable bonds is 8. The second-order valence-corrected chi connectivity index (χ2v) is 5.88. The van der Waals surface area contributed by atoms with E-state index in [0.29, 0.717) is 16.9 Å². The molecule has 0 heterocycles. The number of carbonyl (C=O) groups is 3. The molecule has 0 aliphatic rings. The Bertz CT molecular complexity index is 896. The minimum Gasteiger partial charge on any atom is -0.493 e. The van der Waals surface area contributed by atoms with Crippen molar-refractivity contribution >= 4 is 23.3 Å². The molecule has 0 aliphatic carbocycles. The van der Waals surface area contributed by atoms with Crippen molar-refractivity contribution < 1.29 is 33.0 Å². The number of halogens is 1. The second-order valence-electron chi connectivity index (χ2n) is 5.88. The first kappa shape index (κ1) is 20.9. The Morgan fingerprint density at radius 2 is 1.79 bits per heavy atom. The van der Waals surface area contributed by atoms with Crippen molar-refractivity contribution in [3.8, 4) is 11.5 Å². The average Bonchev–Trinajstić information content (AvgIpc) is 2.67. The highest BCUT2D eigenvalue weighted by atomic mass is 19.1. The predicted molar refractivity (Wildman–Crippen MR) is 99.2 cm³/mol. The van der Waals surface area contributed by atoms with Crippen molar-refractivity contribution in [2.45, 2.75) is 13.8 Å². The lowest BCUT2D eigenvalue weighted by Gasteiger charge is -2.11. The van der Waals surface area contributed by atoms with Crippen LogP contribution in [-0.2, 0) is 14.3 Å². The van der Waals surface area contributed by atoms with Gasteiger partial charge in [0.15, 0.2) is 30.5 Å². The molecule has 0 spiro atoms. The molecule has 2 rings (SSSR count). The van der Waals surface area contributed by atoms with Crippen LogP contribution in [0, 0.1) is 12.7 Å². The van der Waals surface area contributed by atoms with Gasteiger partial charge in [0.2, 0.25) is 0 Å². The molecule has 28 heavy (non-hydrogen) atoms. The molecule has 7 nitrogen and oxygen atoms in total. The number of nitrogens with one attached hydrogen (secondary N) is 1. The number of methoxy groups -OCH3 is 1. The normalized spacial score (nSPS) is 10.1. The Labute approximate surface area is 161 Å². The maximum Gasteiger partial charge on any atom is 0.344 e. The summed E-state index contributed by atoms with van der Waals surface area (Å²) in [6, 6.07) is 8.78. The van der Waals surface area contributed by atoms with E-state index in [1.54, 1.807) is 13.0 Å². The van der Waals surface area contributed by atoms with Crippen molar-refractivity contribution in [2.24, 2.45) is 0 Å². The molecule has 0 saturated carbocycles. The molecule has 1 N–H and O–H groups in total. The van der Waals surface area contributed by atoms with Crippen LogP contribution in [0.15, 0.2) is 36.4 Å². The van der Waals surface area contributed by atoms with Crippen molar-refractivity contribution in [1.82, 2.24) is 0 Å². The Kier molecular flexibility index (Phi) is 7.08. The number of esters is 1. The maximum atomic E-state index is 13.5. The van der Waals surface area contributed by atoms with E-state index >= 15 is 0 Å². The topological polar surface area (TPSA) is 90.9 Å². The first-order valence-electron chi connectivity index (χ1n) is 8.33. The molecule has 2 aromatic carbocycles. The van der Waals surface area contributed by atoms with Crippen molar-refractivity contribution in [3.63, 3.8) is 0 Å². The standard InChI is InChI=1S/C20H20FNO6/c1-12-4-6-15(9-16(12)21)22-19(24)10-28-20(25)11-27-17-7-5-14(13(2)23)8-18(17)26-3/h4-9H,10-11H2,1-3H3,(H,22,24). The summed E-state index contributed by atoms with van der Waals surface area (Å²) in [7, 11) is 1.41. The number of hydrogen-bond acceptors (Lipinski definition) is 6. The lowest BCUT2D eigenvalue weighted by atomic mass is 10.1. The molecule has 0 unspecified atom stereocenters. The molecule has 0 bridgehead atoms. The van der Waals surface area contributed by atoms with Gasteiger partial charge >= 0.3 is 5.97 Å². The zero-order valence-electron chi connectivity index (χ0n) is 15.7. The molecule has 0 fully saturated rings. The zero-order chi connectivity index (χ0) is 20.7. The minimum atomic E-state index is -0.775. The van der Waals surface area contributed by atoms with E-state index < -0.39 is 30.9 Å². The van der Waals surface area contributed by atoms with E-state index in [-0.39, 0.29) is 17.2 Å². The van der Waals surface area contributed by atoms with Crippen LogP contribution in [0.5, 0.6) is 11.5 Å². The number of Topliss-reactive ketones (excluding diaryl/α,β-unsaturated/α-hetero) is 1. The molecule has 2 aromatic rings. The summed E-state index contributed by atoms with van der Waals surface area (Å²) in [5, 5.41) is 2.43. The fourth-order valence-corrected chi connectivity index (χ4v) is 2.20. The molecular formula is C20H20FNO6. The summed E-state index contributed by atoms with van der Waals surface area (Å²) >= 11 is 0. The lowest BCUT2D eigenvalue weighted by molar-refractivity contribution is -0.149. The van der Waals surface area contributed by atoms with Gasteiger partial charge in [-0.3, -0.25) is 9.59 Å². The fourth-order valence-electron chi connectivity index (χ4n) is 2.20. The van der Waals surface area contributed by atoms with Crippen molar-refractivity contribution in [1.29, 1.82) is 0 Å². The maximum absolute atomic E-state index is 13.5. The fraction of sp³-hybridized carbons (Fsp3) is 0.250. The molecule has 8 heteroatoms. The number of ether oxygens (including phenoxy) is 3. The highest BCUT2D eigenvalue weighted by Crippen LogP contribution is 2.28. The number of hydrogen-bond donors (Lipinski definition) is 1. The summed E-state index contributed by atoms with van der Waals surface area (Å²) in [5.74, 6) is -1.43. The molecule has 0 aromatic heterocycles. The van der Waals surface area contributed by atoms with Crippen LogP contribution < -0.4 is 14.8 Å². The number of aryl methyl sites for hydroxylation is 1. The van der Waals surface area contributed by atoms with Crippen LogP contribution in [0.4, 0.5) is 10.1 Å². The van der Waals surface area contributed by atoms with E-state index in [2.05, 4.69) is 5.32 Å². The van der Waals surface area contributed by atoms with E-state index in [1.165, 1.54) is 44.4 Å². The molecule has 0 aliphatic heterocycles. The van der Waals surface area contributed by atoms with Crippen LogP contribution in [0.2, 0.25) is 0 Å². The number of carbonyl (C=O) groups excluding carboxylic acids is 3. The Morgan fingerprint density at radius 3 is 2.43 bits per heavy atom. The monoisotopic (exact) mass is 389 g/mol. The number of ketones is 1. The minimum absolute atomic E-state index is 0.135. The van der Waals surface area contributed by atoms with Gasteiger partial charge in [-0.2, -0.15) is 0 Å². The summed E-state index contributed by atoms with van der Waals surface area (Å²) in [4.78, 5) is 34.9. The largest absolute Gasteiger partial charge is 0.493 e. The third kappa shape index (κ3) is 5.80. The van der Waals surface area contributed by atoms with E-state index in [1.807, 2.05) is 0 Å². The molecule has 0 radical (unpaired) electrons. The zero-order valence-corrected chi connectivity index (χ0v) is 15.7. The van der Waals surface area contributed by atoms with Gasteiger partial charge in [-0.05, 0) is 49.7 Å². The van der Waals surface area contributed by atoms with Gasteiger partial charge in [-0.1, -0.05) is 6.07 Å². The van der Waals surface area contributed by atoms with Gasteiger partial charge in [0, 0.05) is 11.3 Å². The second kappa shape index (κ2) is 9.50. The number of amides is 1. The van der Waals surface area contributed by atoms with Gasteiger partial charge < -0.3 is 19.5 Å². The third-order valence-corrected chi connectivity index (χ3v) is 3.74. The summed E-state index contributed by atoms with van der Waals surface area (Å²) in [5.41, 5.74) is 1.15. The van der Waals surface area contributed by atoms with Gasteiger partial charge in [-0.15, -0.1) is 0 Å². The van der Waals surface area contributed by atoms with E-state index in [0.717, 1.165) is 0 Å². The highest BCUT2D eigenvalue weighted by Gasteiger charge is 2.13. The van der Waals surface area contributed by atoms with Crippen molar-refractivity contribution in [3.05, 3.63) is 53.3 Å². The molecule has 0 atom stereocenters. The smallest absolute Gasteiger partial charge is 0.344 e. The SMILES string of the molecule is COc1cc(C(C)=O)ccc1OCC(=O)OCC(=O)Nc1ccc(C)c(F)c1.